The van der Waals surface area contributed by atoms with Crippen LogP contribution in [0.3, 0.4) is 0 Å². The Balaban J connectivity index is 3.92. The molecule has 0 aromatic rings. The van der Waals surface area contributed by atoms with Gasteiger partial charge in [0.15, 0.2) is 0 Å². The number of hydrogen-bond donors (Lipinski definition) is 1. The van der Waals surface area contributed by atoms with Gasteiger partial charge in [-0.2, -0.15) is 0 Å². The molecule has 0 heterocycles. The third-order valence-electron chi connectivity index (χ3n) is 3.59. The molecule has 0 amide bonds. The van der Waals surface area contributed by atoms with Crippen LogP contribution in [0.15, 0.2) is 0 Å². The van der Waals surface area contributed by atoms with E-state index < -0.39 is 0 Å². The van der Waals surface area contributed by atoms with Gasteiger partial charge in [0.2, 0.25) is 0 Å². The summed E-state index contributed by atoms with van der Waals surface area (Å²) >= 11 is 0. The molecule has 2 N–H and O–H groups in total. The fourth-order valence-corrected chi connectivity index (χ4v) is 2.71. The lowest BCUT2D eigenvalue weighted by atomic mass is 9.94. The molecule has 0 aromatic heterocycles. The molecule has 0 aliphatic carbocycles. The zero-order valence-electron chi connectivity index (χ0n) is 13.7. The number of methoxy groups -OCH3 is 1. The molecule has 1 unspecified atom stereocenters. The summed E-state index contributed by atoms with van der Waals surface area (Å²) in [5.41, 5.74) is 5.70. The molecule has 0 aliphatic heterocycles. The predicted octanol–water partition coefficient (Wildman–Crippen LogP) is 3.14. The van der Waals surface area contributed by atoms with Crippen molar-refractivity contribution < 1.29 is 4.74 Å². The van der Waals surface area contributed by atoms with Gasteiger partial charge in [0, 0.05) is 20.2 Å². The Morgan fingerprint density at radius 2 is 1.84 bits per heavy atom. The lowest BCUT2D eigenvalue weighted by Gasteiger charge is -2.25. The summed E-state index contributed by atoms with van der Waals surface area (Å²) in [4.78, 5) is 2.54. The molecule has 19 heavy (non-hydrogen) atoms. The van der Waals surface area contributed by atoms with Crippen molar-refractivity contribution >= 4 is 0 Å². The van der Waals surface area contributed by atoms with Crippen LogP contribution in [0.4, 0.5) is 0 Å². The van der Waals surface area contributed by atoms with Gasteiger partial charge in [-0.3, -0.25) is 0 Å². The standard InChI is InChI=1S/C16H36N2O/c1-5-7-16(9-10-17)8-6-11-18(12-13-19-4)14-15(2)3/h15-16H,5-14,17H2,1-4H3. The van der Waals surface area contributed by atoms with Gasteiger partial charge in [-0.25, -0.2) is 0 Å². The minimum atomic E-state index is 0.729. The van der Waals surface area contributed by atoms with Crippen molar-refractivity contribution in [2.75, 3.05) is 39.9 Å². The first-order chi connectivity index (χ1) is 9.13. The van der Waals surface area contributed by atoms with Gasteiger partial charge in [-0.15, -0.1) is 0 Å². The second-order valence-electron chi connectivity index (χ2n) is 6.06. The largest absolute Gasteiger partial charge is 0.383 e. The number of hydrogen-bond acceptors (Lipinski definition) is 3. The molecular formula is C16H36N2O. The van der Waals surface area contributed by atoms with E-state index in [0.29, 0.717) is 0 Å². The molecule has 0 rings (SSSR count). The van der Waals surface area contributed by atoms with Crippen LogP contribution in [0, 0.1) is 11.8 Å². The molecule has 1 atom stereocenters. The van der Waals surface area contributed by atoms with Crippen LogP contribution in [0.2, 0.25) is 0 Å². The Hall–Kier alpha value is -0.120. The summed E-state index contributed by atoms with van der Waals surface area (Å²) in [7, 11) is 1.78. The molecule has 0 fully saturated rings. The lowest BCUT2D eigenvalue weighted by Crippen LogP contribution is -2.32. The third kappa shape index (κ3) is 11.4. The lowest BCUT2D eigenvalue weighted by molar-refractivity contribution is 0.137. The minimum Gasteiger partial charge on any atom is -0.383 e. The highest BCUT2D eigenvalue weighted by Crippen LogP contribution is 2.17. The van der Waals surface area contributed by atoms with Crippen molar-refractivity contribution in [1.82, 2.24) is 4.90 Å². The van der Waals surface area contributed by atoms with Gasteiger partial charge < -0.3 is 15.4 Å². The Kier molecular flexibility index (Phi) is 12.8. The topological polar surface area (TPSA) is 38.5 Å². The molecule has 0 bridgehead atoms. The molecule has 0 aromatic carbocycles. The van der Waals surface area contributed by atoms with E-state index in [4.69, 9.17) is 10.5 Å². The molecular weight excluding hydrogens is 236 g/mol. The molecule has 0 spiro atoms. The fraction of sp³-hybridized carbons (Fsp3) is 1.00. The van der Waals surface area contributed by atoms with Crippen LogP contribution in [0.5, 0.6) is 0 Å². The minimum absolute atomic E-state index is 0.729. The van der Waals surface area contributed by atoms with Crippen LogP contribution in [-0.4, -0.2) is 44.8 Å². The quantitative estimate of drug-likeness (QED) is 0.560. The highest BCUT2D eigenvalue weighted by Gasteiger charge is 2.10. The molecule has 3 heteroatoms. The Labute approximate surface area is 120 Å². The molecule has 0 aliphatic rings. The average molecular weight is 272 g/mol. The van der Waals surface area contributed by atoms with Crippen molar-refractivity contribution in [1.29, 1.82) is 0 Å². The molecule has 3 nitrogen and oxygen atoms in total. The van der Waals surface area contributed by atoms with E-state index in [9.17, 15) is 0 Å². The second kappa shape index (κ2) is 12.9. The van der Waals surface area contributed by atoms with Crippen LogP contribution in [0.1, 0.15) is 52.9 Å². The molecule has 116 valence electrons. The van der Waals surface area contributed by atoms with E-state index in [2.05, 4.69) is 25.7 Å². The maximum atomic E-state index is 5.70. The number of rotatable bonds is 13. The summed E-state index contributed by atoms with van der Waals surface area (Å²) in [6, 6.07) is 0. The summed E-state index contributed by atoms with van der Waals surface area (Å²) in [5.74, 6) is 1.56. The van der Waals surface area contributed by atoms with Crippen LogP contribution < -0.4 is 5.73 Å². The second-order valence-corrected chi connectivity index (χ2v) is 6.06. The van der Waals surface area contributed by atoms with Gasteiger partial charge in [0.1, 0.15) is 0 Å². The van der Waals surface area contributed by atoms with Crippen molar-refractivity contribution in [2.24, 2.45) is 17.6 Å². The van der Waals surface area contributed by atoms with Crippen molar-refractivity contribution in [3.05, 3.63) is 0 Å². The van der Waals surface area contributed by atoms with Gasteiger partial charge in [0.25, 0.3) is 0 Å². The van der Waals surface area contributed by atoms with E-state index in [0.717, 1.165) is 31.5 Å². The zero-order chi connectivity index (χ0) is 14.5. The van der Waals surface area contributed by atoms with E-state index >= 15 is 0 Å². The van der Waals surface area contributed by atoms with Gasteiger partial charge in [-0.05, 0) is 44.2 Å². The monoisotopic (exact) mass is 272 g/mol. The van der Waals surface area contributed by atoms with Crippen LogP contribution >= 0.6 is 0 Å². The number of nitrogens with zero attached hydrogens (tertiary/aromatic N) is 1. The predicted molar refractivity (Wildman–Crippen MR) is 84.5 cm³/mol. The van der Waals surface area contributed by atoms with Gasteiger partial charge in [0.05, 0.1) is 6.61 Å². The van der Waals surface area contributed by atoms with Gasteiger partial charge in [-0.1, -0.05) is 33.6 Å². The summed E-state index contributed by atoms with van der Waals surface area (Å²) < 4.78 is 5.20. The SMILES string of the molecule is CCCC(CCN)CCCN(CCOC)CC(C)C. The number of nitrogens with two attached hydrogens (primary N) is 1. The molecule has 0 saturated heterocycles. The number of ether oxygens (including phenoxy) is 1. The van der Waals surface area contributed by atoms with E-state index in [1.54, 1.807) is 7.11 Å². The van der Waals surface area contributed by atoms with Crippen molar-refractivity contribution in [3.63, 3.8) is 0 Å². The summed E-state index contributed by atoms with van der Waals surface area (Å²) in [6.45, 7) is 12.0. The Bertz CT molecular complexity index is 180. The van der Waals surface area contributed by atoms with Gasteiger partial charge >= 0.3 is 0 Å². The van der Waals surface area contributed by atoms with Crippen molar-refractivity contribution in [3.8, 4) is 0 Å². The van der Waals surface area contributed by atoms with E-state index in [-0.39, 0.29) is 0 Å². The fourth-order valence-electron chi connectivity index (χ4n) is 2.71. The first-order valence-corrected chi connectivity index (χ1v) is 8.05. The first kappa shape index (κ1) is 18.9. The maximum absolute atomic E-state index is 5.70. The first-order valence-electron chi connectivity index (χ1n) is 8.05. The molecule has 0 saturated carbocycles. The summed E-state index contributed by atoms with van der Waals surface area (Å²) in [6.07, 6.45) is 6.42. The third-order valence-corrected chi connectivity index (χ3v) is 3.59. The Morgan fingerprint density at radius 3 is 2.37 bits per heavy atom. The smallest absolute Gasteiger partial charge is 0.0589 e. The van der Waals surface area contributed by atoms with E-state index in [1.807, 2.05) is 0 Å². The highest BCUT2D eigenvalue weighted by atomic mass is 16.5. The molecule has 0 radical (unpaired) electrons. The van der Waals surface area contributed by atoms with E-state index in [1.165, 1.54) is 45.2 Å². The maximum Gasteiger partial charge on any atom is 0.0589 e. The average Bonchev–Trinajstić information content (AvgIpc) is 2.35. The van der Waals surface area contributed by atoms with Crippen LogP contribution in [0.25, 0.3) is 0 Å². The highest BCUT2D eigenvalue weighted by molar-refractivity contribution is 4.64. The van der Waals surface area contributed by atoms with Crippen LogP contribution in [-0.2, 0) is 4.74 Å². The summed E-state index contributed by atoms with van der Waals surface area (Å²) in [5, 5.41) is 0. The zero-order valence-corrected chi connectivity index (χ0v) is 13.7. The Morgan fingerprint density at radius 1 is 1.11 bits per heavy atom. The van der Waals surface area contributed by atoms with Crippen molar-refractivity contribution in [2.45, 2.75) is 52.9 Å². The normalized spacial score (nSPS) is 13.4.